The zero-order chi connectivity index (χ0) is 14.7. The van der Waals surface area contributed by atoms with Gasteiger partial charge < -0.3 is 4.98 Å². The first kappa shape index (κ1) is 14.9. The molecule has 0 spiro atoms. The molecule has 21 heavy (non-hydrogen) atoms. The minimum Gasteiger partial charge on any atom is -0.310 e. The molecule has 1 N–H and O–H groups in total. The van der Waals surface area contributed by atoms with Crippen LogP contribution in [-0.2, 0) is 5.75 Å². The summed E-state index contributed by atoms with van der Waals surface area (Å²) in [6.45, 7) is 0. The van der Waals surface area contributed by atoms with Crippen molar-refractivity contribution in [3.8, 4) is 0 Å². The summed E-state index contributed by atoms with van der Waals surface area (Å²) in [5, 5.41) is 0. The number of hydrogen-bond acceptors (Lipinski definition) is 3. The molecule has 110 valence electrons. The first-order chi connectivity index (χ1) is 10.2. The van der Waals surface area contributed by atoms with Crippen LogP contribution in [0.25, 0.3) is 0 Å². The van der Waals surface area contributed by atoms with Crippen LogP contribution >= 0.6 is 27.7 Å². The molecule has 5 heteroatoms. The van der Waals surface area contributed by atoms with Crippen molar-refractivity contribution in [3.05, 3.63) is 56.7 Å². The van der Waals surface area contributed by atoms with Gasteiger partial charge in [-0.1, -0.05) is 28.8 Å². The Morgan fingerprint density at radius 2 is 1.95 bits per heavy atom. The molecule has 2 aromatic rings. The first-order valence-corrected chi connectivity index (χ1v) is 8.97. The predicted octanol–water partition coefficient (Wildman–Crippen LogP) is 4.48. The predicted molar refractivity (Wildman–Crippen MR) is 89.8 cm³/mol. The van der Waals surface area contributed by atoms with E-state index in [0.717, 1.165) is 28.8 Å². The maximum absolute atomic E-state index is 11.8. The topological polar surface area (TPSA) is 45.8 Å². The molecule has 1 aromatic heterocycles. The third-order valence-corrected chi connectivity index (χ3v) is 5.33. The summed E-state index contributed by atoms with van der Waals surface area (Å²) >= 11 is 5.12. The molecule has 0 amide bonds. The Hall–Kier alpha value is -1.07. The molecular formula is C16H17BrN2OS. The molecule has 1 fully saturated rings. The van der Waals surface area contributed by atoms with Gasteiger partial charge in [-0.3, -0.25) is 4.79 Å². The third-order valence-electron chi connectivity index (χ3n) is 3.77. The van der Waals surface area contributed by atoms with E-state index in [1.807, 2.05) is 12.1 Å². The fourth-order valence-electron chi connectivity index (χ4n) is 2.71. The second-order valence-electron chi connectivity index (χ2n) is 5.34. The van der Waals surface area contributed by atoms with Crippen molar-refractivity contribution < 1.29 is 0 Å². The molecule has 0 saturated heterocycles. The number of rotatable bonds is 4. The summed E-state index contributed by atoms with van der Waals surface area (Å²) in [4.78, 5) is 20.5. The van der Waals surface area contributed by atoms with E-state index in [1.54, 1.807) is 17.8 Å². The number of H-pyrrole nitrogens is 1. The van der Waals surface area contributed by atoms with Crippen LogP contribution in [0.4, 0.5) is 0 Å². The van der Waals surface area contributed by atoms with Gasteiger partial charge in [0, 0.05) is 21.4 Å². The summed E-state index contributed by atoms with van der Waals surface area (Å²) in [5.74, 6) is 1.94. The van der Waals surface area contributed by atoms with Crippen molar-refractivity contribution in [2.45, 2.75) is 42.2 Å². The van der Waals surface area contributed by atoms with E-state index in [-0.39, 0.29) is 5.56 Å². The molecule has 3 nitrogen and oxygen atoms in total. The Morgan fingerprint density at radius 1 is 1.24 bits per heavy atom. The van der Waals surface area contributed by atoms with Crippen LogP contribution in [0.1, 0.15) is 43.1 Å². The largest absolute Gasteiger partial charge is 0.310 e. The Bertz CT molecular complexity index is 663. The quantitative estimate of drug-likeness (QED) is 0.813. The number of benzene rings is 1. The van der Waals surface area contributed by atoms with Gasteiger partial charge in [-0.2, -0.15) is 0 Å². The van der Waals surface area contributed by atoms with Crippen molar-refractivity contribution in [1.82, 2.24) is 9.97 Å². The van der Waals surface area contributed by atoms with Crippen molar-refractivity contribution in [2.75, 3.05) is 0 Å². The van der Waals surface area contributed by atoms with Crippen LogP contribution in [0.15, 0.2) is 44.5 Å². The number of hydrogen-bond donors (Lipinski definition) is 1. The molecule has 1 aliphatic carbocycles. The van der Waals surface area contributed by atoms with Crippen molar-refractivity contribution >= 4 is 27.7 Å². The van der Waals surface area contributed by atoms with Gasteiger partial charge in [-0.05, 0) is 37.1 Å². The molecule has 0 radical (unpaired) electrons. The second-order valence-corrected chi connectivity index (χ2v) is 7.31. The molecule has 1 aliphatic rings. The van der Waals surface area contributed by atoms with Crippen molar-refractivity contribution in [2.24, 2.45) is 0 Å². The van der Waals surface area contributed by atoms with Crippen molar-refractivity contribution in [1.29, 1.82) is 0 Å². The van der Waals surface area contributed by atoms with Crippen LogP contribution in [0, 0.1) is 0 Å². The monoisotopic (exact) mass is 364 g/mol. The smallest absolute Gasteiger partial charge is 0.251 e. The average Bonchev–Trinajstić information content (AvgIpc) is 3.00. The average molecular weight is 365 g/mol. The van der Waals surface area contributed by atoms with Gasteiger partial charge in [-0.25, -0.2) is 4.98 Å². The van der Waals surface area contributed by atoms with Crippen molar-refractivity contribution in [3.63, 3.8) is 0 Å². The fraction of sp³-hybridized carbons (Fsp3) is 0.375. The number of thioether (sulfide) groups is 1. The van der Waals surface area contributed by atoms with Crippen LogP contribution < -0.4 is 5.56 Å². The van der Waals surface area contributed by atoms with E-state index in [0.29, 0.717) is 11.7 Å². The van der Waals surface area contributed by atoms with E-state index < -0.39 is 0 Å². The van der Waals surface area contributed by atoms with E-state index in [2.05, 4.69) is 38.0 Å². The standard InChI is InChI=1S/C16H17BrN2OS/c17-12-5-7-13(8-6-12)21-10-15-18-14(9-16(20)19-15)11-3-1-2-4-11/h5-9,11H,1-4,10H2,(H,18,19,20). The highest BCUT2D eigenvalue weighted by Gasteiger charge is 2.19. The lowest BCUT2D eigenvalue weighted by molar-refractivity contribution is 0.685. The summed E-state index contributed by atoms with van der Waals surface area (Å²) < 4.78 is 1.07. The van der Waals surface area contributed by atoms with Gasteiger partial charge in [-0.15, -0.1) is 11.8 Å². The number of nitrogens with one attached hydrogen (secondary N) is 1. The highest BCUT2D eigenvalue weighted by atomic mass is 79.9. The second kappa shape index (κ2) is 6.79. The highest BCUT2D eigenvalue weighted by molar-refractivity contribution is 9.10. The molecule has 0 atom stereocenters. The molecule has 3 rings (SSSR count). The molecule has 0 aliphatic heterocycles. The molecule has 1 saturated carbocycles. The summed E-state index contributed by atoms with van der Waals surface area (Å²) in [6.07, 6.45) is 4.83. The Morgan fingerprint density at radius 3 is 2.67 bits per heavy atom. The summed E-state index contributed by atoms with van der Waals surface area (Å²) in [6, 6.07) is 9.84. The SMILES string of the molecule is O=c1cc(C2CCCC2)nc(CSc2ccc(Br)cc2)[nH]1. The molecular weight excluding hydrogens is 348 g/mol. The van der Waals surface area contributed by atoms with E-state index in [4.69, 9.17) is 0 Å². The number of halogens is 1. The minimum absolute atomic E-state index is 0.0293. The lowest BCUT2D eigenvalue weighted by atomic mass is 10.0. The summed E-state index contributed by atoms with van der Waals surface area (Å²) in [5.41, 5.74) is 0.945. The van der Waals surface area contributed by atoms with E-state index in [1.165, 1.54) is 17.7 Å². The highest BCUT2D eigenvalue weighted by Crippen LogP contribution is 2.32. The van der Waals surface area contributed by atoms with Crippen LogP contribution in [0.5, 0.6) is 0 Å². The number of nitrogens with zero attached hydrogens (tertiary/aromatic N) is 1. The Balaban J connectivity index is 1.72. The fourth-order valence-corrected chi connectivity index (χ4v) is 3.74. The van der Waals surface area contributed by atoms with Gasteiger partial charge in [0.05, 0.1) is 11.4 Å². The van der Waals surface area contributed by atoms with Gasteiger partial charge in [0.15, 0.2) is 0 Å². The van der Waals surface area contributed by atoms with Gasteiger partial charge in [0.1, 0.15) is 5.82 Å². The molecule has 0 bridgehead atoms. The maximum atomic E-state index is 11.8. The minimum atomic E-state index is -0.0293. The zero-order valence-electron chi connectivity index (χ0n) is 11.6. The summed E-state index contributed by atoms with van der Waals surface area (Å²) in [7, 11) is 0. The maximum Gasteiger partial charge on any atom is 0.251 e. The third kappa shape index (κ3) is 3.98. The van der Waals surface area contributed by atoms with Gasteiger partial charge >= 0.3 is 0 Å². The molecule has 0 unspecified atom stereocenters. The number of aromatic nitrogens is 2. The number of aromatic amines is 1. The molecule has 1 aromatic carbocycles. The van der Waals surface area contributed by atoms with E-state index >= 15 is 0 Å². The Labute approximate surface area is 136 Å². The molecule has 1 heterocycles. The lowest BCUT2D eigenvalue weighted by Crippen LogP contribution is -2.13. The Kier molecular flexibility index (Phi) is 4.80. The van der Waals surface area contributed by atoms with Crippen LogP contribution in [0.3, 0.4) is 0 Å². The zero-order valence-corrected chi connectivity index (χ0v) is 14.0. The normalized spacial score (nSPS) is 15.5. The first-order valence-electron chi connectivity index (χ1n) is 7.19. The van der Waals surface area contributed by atoms with E-state index in [9.17, 15) is 4.79 Å². The van der Waals surface area contributed by atoms with Crippen LogP contribution in [0.2, 0.25) is 0 Å². The lowest BCUT2D eigenvalue weighted by Gasteiger charge is -2.09. The van der Waals surface area contributed by atoms with Gasteiger partial charge in [0.25, 0.3) is 5.56 Å². The van der Waals surface area contributed by atoms with Gasteiger partial charge in [0.2, 0.25) is 0 Å². The van der Waals surface area contributed by atoms with Crippen LogP contribution in [-0.4, -0.2) is 9.97 Å².